The molecule has 0 spiro atoms. The molecule has 0 amide bonds. The Balaban J connectivity index is 1.95. The van der Waals surface area contributed by atoms with Crippen LogP contribution in [0, 0.1) is 6.92 Å². The van der Waals surface area contributed by atoms with Gasteiger partial charge in [0.15, 0.2) is 5.65 Å². The first-order valence-corrected chi connectivity index (χ1v) is 8.75. The highest BCUT2D eigenvalue weighted by Gasteiger charge is 2.29. The van der Waals surface area contributed by atoms with E-state index in [0.29, 0.717) is 11.3 Å². The molecular weight excluding hydrogens is 388 g/mol. The fourth-order valence-electron chi connectivity index (χ4n) is 2.65. The Morgan fingerprint density at radius 3 is 2.54 bits per heavy atom. The second-order valence-corrected chi connectivity index (χ2v) is 6.61. The molecule has 0 unspecified atom stereocenters. The van der Waals surface area contributed by atoms with E-state index in [2.05, 4.69) is 10.1 Å². The molecule has 11 heteroatoms. The standard InChI is InChI=1S/C17H16N4O6S/c1-8-10(14-19-5-4-6-21(14)20-8)16(23)27-7-9-11(15(22)25-2)13(18)28-12(9)17(24)26-3/h4-6H,7,18H2,1-3H3. The lowest BCUT2D eigenvalue weighted by atomic mass is 10.1. The number of hydrogen-bond donors (Lipinski definition) is 1. The molecule has 0 atom stereocenters. The number of aromatic nitrogens is 3. The molecule has 146 valence electrons. The summed E-state index contributed by atoms with van der Waals surface area (Å²) in [4.78, 5) is 40.9. The van der Waals surface area contributed by atoms with Gasteiger partial charge in [-0.1, -0.05) is 0 Å². The molecule has 0 aliphatic heterocycles. The molecule has 0 aliphatic carbocycles. The Kier molecular flexibility index (Phi) is 5.27. The highest BCUT2D eigenvalue weighted by molar-refractivity contribution is 7.18. The summed E-state index contributed by atoms with van der Waals surface area (Å²) in [5.74, 6) is -2.15. The first-order valence-electron chi connectivity index (χ1n) is 7.93. The summed E-state index contributed by atoms with van der Waals surface area (Å²) >= 11 is 0.855. The number of nitrogen functional groups attached to an aromatic ring is 1. The second kappa shape index (κ2) is 7.64. The quantitative estimate of drug-likeness (QED) is 0.497. The maximum Gasteiger partial charge on any atom is 0.348 e. The van der Waals surface area contributed by atoms with E-state index in [0.717, 1.165) is 11.3 Å². The fraction of sp³-hybridized carbons (Fsp3) is 0.235. The Bertz CT molecular complexity index is 1090. The number of carbonyl (C=O) groups is 3. The van der Waals surface area contributed by atoms with Gasteiger partial charge in [-0.15, -0.1) is 11.3 Å². The van der Waals surface area contributed by atoms with Gasteiger partial charge in [0.2, 0.25) is 0 Å². The molecule has 2 N–H and O–H groups in total. The van der Waals surface area contributed by atoms with Gasteiger partial charge in [-0.05, 0) is 13.0 Å². The van der Waals surface area contributed by atoms with E-state index >= 15 is 0 Å². The Morgan fingerprint density at radius 1 is 1.14 bits per heavy atom. The van der Waals surface area contributed by atoms with Crippen molar-refractivity contribution in [2.24, 2.45) is 0 Å². The lowest BCUT2D eigenvalue weighted by molar-refractivity contribution is 0.0453. The van der Waals surface area contributed by atoms with Gasteiger partial charge >= 0.3 is 17.9 Å². The van der Waals surface area contributed by atoms with Crippen molar-refractivity contribution in [2.75, 3.05) is 20.0 Å². The molecule has 10 nitrogen and oxygen atoms in total. The van der Waals surface area contributed by atoms with Crippen molar-refractivity contribution in [2.45, 2.75) is 13.5 Å². The largest absolute Gasteiger partial charge is 0.465 e. The Hall–Kier alpha value is -3.47. The van der Waals surface area contributed by atoms with Gasteiger partial charge < -0.3 is 19.9 Å². The molecule has 0 aliphatic rings. The first kappa shape index (κ1) is 19.3. The van der Waals surface area contributed by atoms with Crippen LogP contribution in [0.4, 0.5) is 5.00 Å². The number of nitrogens with two attached hydrogens (primary N) is 1. The van der Waals surface area contributed by atoms with Crippen LogP contribution < -0.4 is 5.73 Å². The summed E-state index contributed by atoms with van der Waals surface area (Å²) in [6, 6.07) is 1.67. The SMILES string of the molecule is COC(=O)c1sc(N)c(C(=O)OC)c1COC(=O)c1c(C)nn2cccnc12. The van der Waals surface area contributed by atoms with Crippen LogP contribution in [-0.2, 0) is 20.8 Å². The molecule has 0 saturated carbocycles. The number of thiophene rings is 1. The number of aryl methyl sites for hydroxylation is 1. The molecular formula is C17H16N4O6S. The summed E-state index contributed by atoms with van der Waals surface area (Å²) < 4.78 is 16.2. The van der Waals surface area contributed by atoms with Crippen LogP contribution in [0.15, 0.2) is 18.5 Å². The number of carbonyl (C=O) groups excluding carboxylic acids is 3. The summed E-state index contributed by atoms with van der Waals surface area (Å²) in [5, 5.41) is 4.26. The number of rotatable bonds is 5. The maximum atomic E-state index is 12.6. The number of hydrogen-bond acceptors (Lipinski definition) is 10. The van der Waals surface area contributed by atoms with E-state index in [1.807, 2.05) is 0 Å². The summed E-state index contributed by atoms with van der Waals surface area (Å²) in [6.07, 6.45) is 3.17. The highest BCUT2D eigenvalue weighted by Crippen LogP contribution is 2.33. The van der Waals surface area contributed by atoms with Crippen LogP contribution in [-0.4, -0.2) is 46.7 Å². The lowest BCUT2D eigenvalue weighted by Crippen LogP contribution is -2.13. The summed E-state index contributed by atoms with van der Waals surface area (Å²) in [5.41, 5.74) is 6.89. The highest BCUT2D eigenvalue weighted by atomic mass is 32.1. The average Bonchev–Trinajstić information content (AvgIpc) is 3.20. The average molecular weight is 404 g/mol. The summed E-state index contributed by atoms with van der Waals surface area (Å²) in [7, 11) is 2.38. The zero-order valence-electron chi connectivity index (χ0n) is 15.2. The number of fused-ring (bicyclic) bond motifs is 1. The topological polar surface area (TPSA) is 135 Å². The van der Waals surface area contributed by atoms with Crippen LogP contribution in [0.3, 0.4) is 0 Å². The third kappa shape index (κ3) is 3.27. The van der Waals surface area contributed by atoms with E-state index in [-0.39, 0.29) is 33.2 Å². The molecule has 3 aromatic heterocycles. The van der Waals surface area contributed by atoms with Gasteiger partial charge in [0, 0.05) is 18.0 Å². The molecule has 0 aromatic carbocycles. The van der Waals surface area contributed by atoms with Crippen molar-refractivity contribution >= 4 is 39.9 Å². The van der Waals surface area contributed by atoms with Gasteiger partial charge in [0.25, 0.3) is 0 Å². The van der Waals surface area contributed by atoms with E-state index in [1.54, 1.807) is 19.2 Å². The minimum Gasteiger partial charge on any atom is -0.465 e. The minimum absolute atomic E-state index is 0.0320. The molecule has 28 heavy (non-hydrogen) atoms. The number of anilines is 1. The third-order valence-corrected chi connectivity index (χ3v) is 4.96. The van der Waals surface area contributed by atoms with E-state index in [1.165, 1.54) is 24.9 Å². The van der Waals surface area contributed by atoms with Crippen molar-refractivity contribution in [1.82, 2.24) is 14.6 Å². The van der Waals surface area contributed by atoms with Crippen LogP contribution in [0.2, 0.25) is 0 Å². The van der Waals surface area contributed by atoms with Gasteiger partial charge in [0.1, 0.15) is 27.6 Å². The molecule has 3 aromatic rings. The fourth-order valence-corrected chi connectivity index (χ4v) is 3.63. The van der Waals surface area contributed by atoms with Crippen molar-refractivity contribution in [1.29, 1.82) is 0 Å². The molecule has 0 saturated heterocycles. The van der Waals surface area contributed by atoms with Crippen LogP contribution >= 0.6 is 11.3 Å². The van der Waals surface area contributed by atoms with Crippen molar-refractivity contribution in [3.63, 3.8) is 0 Å². The van der Waals surface area contributed by atoms with Crippen LogP contribution in [0.5, 0.6) is 0 Å². The normalized spacial score (nSPS) is 10.7. The number of esters is 3. The van der Waals surface area contributed by atoms with Crippen molar-refractivity contribution < 1.29 is 28.6 Å². The zero-order valence-corrected chi connectivity index (χ0v) is 16.0. The van der Waals surface area contributed by atoms with Gasteiger partial charge in [0.05, 0.1) is 19.9 Å². The van der Waals surface area contributed by atoms with E-state index < -0.39 is 17.9 Å². The van der Waals surface area contributed by atoms with Gasteiger partial charge in [-0.25, -0.2) is 23.9 Å². The minimum atomic E-state index is -0.746. The third-order valence-electron chi connectivity index (χ3n) is 3.92. The van der Waals surface area contributed by atoms with Gasteiger partial charge in [-0.2, -0.15) is 5.10 Å². The Labute approximate surface area is 162 Å². The number of methoxy groups -OCH3 is 2. The first-order chi connectivity index (χ1) is 13.4. The van der Waals surface area contributed by atoms with E-state index in [9.17, 15) is 14.4 Å². The number of nitrogens with zero attached hydrogens (tertiary/aromatic N) is 3. The second-order valence-electron chi connectivity index (χ2n) is 5.56. The Morgan fingerprint density at radius 2 is 1.86 bits per heavy atom. The predicted molar refractivity (Wildman–Crippen MR) is 98.3 cm³/mol. The van der Waals surface area contributed by atoms with Crippen LogP contribution in [0.25, 0.3) is 5.65 Å². The lowest BCUT2D eigenvalue weighted by Gasteiger charge is -2.08. The van der Waals surface area contributed by atoms with Crippen molar-refractivity contribution in [3.8, 4) is 0 Å². The summed E-state index contributed by atoms with van der Waals surface area (Å²) in [6.45, 7) is 1.26. The maximum absolute atomic E-state index is 12.6. The predicted octanol–water partition coefficient (Wildman–Crippen LogP) is 1.61. The molecule has 3 rings (SSSR count). The zero-order chi connectivity index (χ0) is 20.4. The van der Waals surface area contributed by atoms with Gasteiger partial charge in [-0.3, -0.25) is 0 Å². The molecule has 0 fully saturated rings. The van der Waals surface area contributed by atoms with Crippen molar-refractivity contribution in [3.05, 3.63) is 45.7 Å². The van der Waals surface area contributed by atoms with E-state index in [4.69, 9.17) is 19.9 Å². The molecule has 0 radical (unpaired) electrons. The molecule has 0 bridgehead atoms. The molecule has 3 heterocycles. The monoisotopic (exact) mass is 404 g/mol. The smallest absolute Gasteiger partial charge is 0.348 e. The van der Waals surface area contributed by atoms with Crippen LogP contribution in [0.1, 0.15) is 41.6 Å². The number of ether oxygens (including phenoxy) is 3.